The number of methoxy groups -OCH3 is 1. The quantitative estimate of drug-likeness (QED) is 0.635. The summed E-state index contributed by atoms with van der Waals surface area (Å²) >= 11 is 1.96. The smallest absolute Gasteiger partial charge is 0.233 e. The summed E-state index contributed by atoms with van der Waals surface area (Å²) in [6.07, 6.45) is 9.63. The monoisotopic (exact) mass is 288 g/mol. The number of hydrogen-bond donors (Lipinski definition) is 2. The number of ether oxygens (including phenoxy) is 1. The van der Waals surface area contributed by atoms with Crippen molar-refractivity contribution >= 4 is 17.7 Å². The van der Waals surface area contributed by atoms with Gasteiger partial charge >= 0.3 is 0 Å². The summed E-state index contributed by atoms with van der Waals surface area (Å²) in [7, 11) is 1.68. The zero-order valence-electron chi connectivity index (χ0n) is 12.3. The van der Waals surface area contributed by atoms with E-state index in [1.165, 1.54) is 32.1 Å². The lowest BCUT2D eigenvalue weighted by Crippen LogP contribution is -2.43. The molecule has 112 valence electrons. The fourth-order valence-corrected chi connectivity index (χ4v) is 3.50. The number of amides is 1. The lowest BCUT2D eigenvalue weighted by molar-refractivity contribution is -0.120. The van der Waals surface area contributed by atoms with E-state index in [2.05, 4.69) is 16.9 Å². The number of carbonyl (C=O) groups excluding carboxylic acids is 1. The van der Waals surface area contributed by atoms with Gasteiger partial charge in [-0.2, -0.15) is 11.8 Å². The van der Waals surface area contributed by atoms with E-state index >= 15 is 0 Å². The van der Waals surface area contributed by atoms with Crippen molar-refractivity contribution in [2.75, 3.05) is 39.6 Å². The molecule has 1 aliphatic rings. The molecule has 0 aromatic carbocycles. The van der Waals surface area contributed by atoms with Gasteiger partial charge < -0.3 is 15.4 Å². The molecule has 1 saturated carbocycles. The van der Waals surface area contributed by atoms with Crippen LogP contribution in [0.15, 0.2) is 0 Å². The Hall–Kier alpha value is -0.260. The van der Waals surface area contributed by atoms with Gasteiger partial charge in [0.05, 0.1) is 6.54 Å². The normalized spacial score (nSPS) is 18.2. The van der Waals surface area contributed by atoms with Gasteiger partial charge in [0.2, 0.25) is 5.91 Å². The first kappa shape index (κ1) is 16.8. The lowest BCUT2D eigenvalue weighted by atomic mass is 9.88. The van der Waals surface area contributed by atoms with Gasteiger partial charge in [-0.3, -0.25) is 4.79 Å². The predicted molar refractivity (Wildman–Crippen MR) is 81.7 cm³/mol. The van der Waals surface area contributed by atoms with Crippen LogP contribution >= 0.6 is 11.8 Å². The van der Waals surface area contributed by atoms with Gasteiger partial charge in [0, 0.05) is 31.6 Å². The summed E-state index contributed by atoms with van der Waals surface area (Å²) in [5.74, 6) is 0.0863. The molecule has 1 aliphatic carbocycles. The summed E-state index contributed by atoms with van der Waals surface area (Å²) < 4.78 is 5.30. The Bertz CT molecular complexity index is 256. The number of nitrogens with one attached hydrogen (secondary N) is 2. The van der Waals surface area contributed by atoms with Crippen molar-refractivity contribution in [2.45, 2.75) is 43.3 Å². The Labute approximate surface area is 121 Å². The van der Waals surface area contributed by atoms with Gasteiger partial charge in [0.15, 0.2) is 0 Å². The molecule has 1 amide bonds. The average Bonchev–Trinajstić information content (AvgIpc) is 2.45. The summed E-state index contributed by atoms with van der Waals surface area (Å²) in [5.41, 5.74) is 0. The van der Waals surface area contributed by atoms with Crippen LogP contribution in [0.3, 0.4) is 0 Å². The summed E-state index contributed by atoms with van der Waals surface area (Å²) in [5, 5.41) is 6.22. The molecule has 0 aromatic rings. The van der Waals surface area contributed by atoms with Gasteiger partial charge in [-0.25, -0.2) is 0 Å². The third-order valence-electron chi connectivity index (χ3n) is 3.78. The molecule has 0 aliphatic heterocycles. The maximum atomic E-state index is 11.6. The Morgan fingerprint density at radius 3 is 2.68 bits per heavy atom. The first-order chi connectivity index (χ1) is 9.22. The highest BCUT2D eigenvalue weighted by Gasteiger charge is 2.30. The minimum Gasteiger partial charge on any atom is -0.385 e. The first-order valence-electron chi connectivity index (χ1n) is 7.24. The van der Waals surface area contributed by atoms with E-state index in [4.69, 9.17) is 4.74 Å². The zero-order valence-corrected chi connectivity index (χ0v) is 13.1. The van der Waals surface area contributed by atoms with Crippen LogP contribution in [0.1, 0.15) is 38.5 Å². The van der Waals surface area contributed by atoms with E-state index in [0.29, 0.717) is 24.4 Å². The van der Waals surface area contributed by atoms with Gasteiger partial charge in [0.1, 0.15) is 0 Å². The summed E-state index contributed by atoms with van der Waals surface area (Å²) in [6, 6.07) is 0. The second kappa shape index (κ2) is 9.61. The van der Waals surface area contributed by atoms with Crippen molar-refractivity contribution < 1.29 is 9.53 Å². The maximum Gasteiger partial charge on any atom is 0.233 e. The van der Waals surface area contributed by atoms with Crippen molar-refractivity contribution in [1.29, 1.82) is 0 Å². The predicted octanol–water partition coefficient (Wildman–Crippen LogP) is 1.79. The molecule has 0 radical (unpaired) electrons. The van der Waals surface area contributed by atoms with E-state index in [0.717, 1.165) is 13.0 Å². The molecule has 1 fully saturated rings. The fourth-order valence-electron chi connectivity index (χ4n) is 2.56. The number of carbonyl (C=O) groups is 1. The van der Waals surface area contributed by atoms with Crippen LogP contribution in [0.5, 0.6) is 0 Å². The van der Waals surface area contributed by atoms with Gasteiger partial charge in [0.25, 0.3) is 0 Å². The third kappa shape index (κ3) is 6.63. The number of thioether (sulfide) groups is 1. The number of hydrogen-bond acceptors (Lipinski definition) is 4. The van der Waals surface area contributed by atoms with Crippen LogP contribution in [0.4, 0.5) is 0 Å². The van der Waals surface area contributed by atoms with Gasteiger partial charge in [-0.1, -0.05) is 19.3 Å². The Morgan fingerprint density at radius 1 is 1.32 bits per heavy atom. The van der Waals surface area contributed by atoms with E-state index in [1.807, 2.05) is 11.8 Å². The first-order valence-corrected chi connectivity index (χ1v) is 8.46. The minimum atomic E-state index is 0.0863. The Morgan fingerprint density at radius 2 is 2.05 bits per heavy atom. The third-order valence-corrected chi connectivity index (χ3v) is 5.20. The van der Waals surface area contributed by atoms with Gasteiger partial charge in [-0.15, -0.1) is 0 Å². The van der Waals surface area contributed by atoms with E-state index in [9.17, 15) is 4.79 Å². The highest BCUT2D eigenvalue weighted by molar-refractivity contribution is 8.00. The van der Waals surface area contributed by atoms with Crippen molar-refractivity contribution in [3.8, 4) is 0 Å². The molecule has 0 unspecified atom stereocenters. The highest BCUT2D eigenvalue weighted by Crippen LogP contribution is 2.37. The van der Waals surface area contributed by atoms with Crippen molar-refractivity contribution in [1.82, 2.24) is 10.6 Å². The van der Waals surface area contributed by atoms with E-state index in [-0.39, 0.29) is 5.91 Å². The molecule has 0 spiro atoms. The SMILES string of the molecule is COCCCNC(=O)CNCC1(SC)CCCCC1. The van der Waals surface area contributed by atoms with Crippen LogP contribution in [0, 0.1) is 0 Å². The topological polar surface area (TPSA) is 50.4 Å². The molecule has 0 heterocycles. The Kier molecular flexibility index (Phi) is 8.50. The molecule has 0 aromatic heterocycles. The van der Waals surface area contributed by atoms with Crippen LogP contribution in [0.2, 0.25) is 0 Å². The van der Waals surface area contributed by atoms with Crippen LogP contribution in [-0.4, -0.2) is 50.3 Å². The molecular formula is C14H28N2O2S. The maximum absolute atomic E-state index is 11.6. The minimum absolute atomic E-state index is 0.0863. The molecule has 0 atom stereocenters. The second-order valence-electron chi connectivity index (χ2n) is 5.25. The molecule has 1 rings (SSSR count). The highest BCUT2D eigenvalue weighted by atomic mass is 32.2. The molecule has 19 heavy (non-hydrogen) atoms. The average molecular weight is 288 g/mol. The van der Waals surface area contributed by atoms with Crippen LogP contribution in [-0.2, 0) is 9.53 Å². The molecule has 5 heteroatoms. The molecular weight excluding hydrogens is 260 g/mol. The lowest BCUT2D eigenvalue weighted by Gasteiger charge is -2.36. The zero-order chi connectivity index (χ0) is 14.0. The van der Waals surface area contributed by atoms with Gasteiger partial charge in [-0.05, 0) is 25.5 Å². The Balaban J connectivity index is 2.12. The molecule has 0 bridgehead atoms. The molecule has 2 N–H and O–H groups in total. The van der Waals surface area contributed by atoms with E-state index < -0.39 is 0 Å². The number of rotatable bonds is 9. The van der Waals surface area contributed by atoms with Crippen LogP contribution in [0.25, 0.3) is 0 Å². The second-order valence-corrected chi connectivity index (χ2v) is 6.52. The molecule has 4 nitrogen and oxygen atoms in total. The molecule has 0 saturated heterocycles. The van der Waals surface area contributed by atoms with Crippen LogP contribution < -0.4 is 10.6 Å². The summed E-state index contributed by atoms with van der Waals surface area (Å²) in [6.45, 7) is 2.76. The summed E-state index contributed by atoms with van der Waals surface area (Å²) in [4.78, 5) is 11.6. The van der Waals surface area contributed by atoms with Crippen molar-refractivity contribution in [3.05, 3.63) is 0 Å². The van der Waals surface area contributed by atoms with Crippen molar-refractivity contribution in [3.63, 3.8) is 0 Å². The van der Waals surface area contributed by atoms with E-state index in [1.54, 1.807) is 7.11 Å². The fraction of sp³-hybridized carbons (Fsp3) is 0.929. The van der Waals surface area contributed by atoms with Crippen molar-refractivity contribution in [2.24, 2.45) is 0 Å². The largest absolute Gasteiger partial charge is 0.385 e. The standard InChI is InChI=1S/C14H28N2O2S/c1-18-10-6-9-16-13(17)11-15-12-14(19-2)7-4-3-5-8-14/h15H,3-12H2,1-2H3,(H,16,17).